The van der Waals surface area contributed by atoms with Gasteiger partial charge in [-0.3, -0.25) is 4.79 Å². The lowest BCUT2D eigenvalue weighted by atomic mass is 10.1. The molecular weight excluding hydrogens is 340 g/mol. The second-order valence-corrected chi connectivity index (χ2v) is 7.42. The molecule has 6 nitrogen and oxygen atoms in total. The molecule has 2 rings (SSSR count). The molecule has 25 heavy (non-hydrogen) atoms. The molecule has 0 saturated heterocycles. The molecule has 7 heteroatoms. The average molecular weight is 362 g/mol. The van der Waals surface area contributed by atoms with Gasteiger partial charge >= 0.3 is 0 Å². The Kier molecular flexibility index (Phi) is 5.81. The number of benzene rings is 2. The lowest BCUT2D eigenvalue weighted by Crippen LogP contribution is -2.16. The fourth-order valence-corrected chi connectivity index (χ4v) is 3.04. The topological polar surface area (TPSA) is 98.5 Å². The van der Waals surface area contributed by atoms with Crippen molar-refractivity contribution in [3.05, 3.63) is 53.1 Å². The van der Waals surface area contributed by atoms with E-state index < -0.39 is 10.0 Å². The first kappa shape index (κ1) is 19.0. The second-order valence-electron chi connectivity index (χ2n) is 5.86. The Labute approximate surface area is 148 Å². The van der Waals surface area contributed by atoms with Crippen LogP contribution < -0.4 is 15.2 Å². The van der Waals surface area contributed by atoms with Crippen LogP contribution >= 0.6 is 0 Å². The third-order valence-corrected chi connectivity index (χ3v) is 4.91. The van der Waals surface area contributed by atoms with E-state index in [1.165, 1.54) is 12.1 Å². The number of anilines is 1. The van der Waals surface area contributed by atoms with Crippen LogP contribution in [0.5, 0.6) is 5.75 Å². The maximum absolute atomic E-state index is 12.2. The molecule has 0 aliphatic carbocycles. The van der Waals surface area contributed by atoms with Gasteiger partial charge in [-0.25, -0.2) is 13.6 Å². The largest absolute Gasteiger partial charge is 0.497 e. The van der Waals surface area contributed by atoms with Gasteiger partial charge in [0.15, 0.2) is 0 Å². The molecule has 0 spiro atoms. The van der Waals surface area contributed by atoms with Crippen molar-refractivity contribution in [2.75, 3.05) is 12.4 Å². The lowest BCUT2D eigenvalue weighted by molar-refractivity contribution is -0.116. The van der Waals surface area contributed by atoms with E-state index in [1.54, 1.807) is 14.0 Å². The fraction of sp³-hybridized carbons (Fsp3) is 0.278. The summed E-state index contributed by atoms with van der Waals surface area (Å²) in [5, 5.41) is 7.96. The number of aryl methyl sites for hydroxylation is 2. The Morgan fingerprint density at radius 3 is 2.56 bits per heavy atom. The molecule has 0 radical (unpaired) electrons. The third-order valence-electron chi connectivity index (χ3n) is 4.02. The SMILES string of the molecule is COc1cccc(CCC(=O)Nc2cc(S(N)(=O)=O)cc(C)c2C)c1. The van der Waals surface area contributed by atoms with Gasteiger partial charge in [0.2, 0.25) is 15.9 Å². The quantitative estimate of drug-likeness (QED) is 0.825. The summed E-state index contributed by atoms with van der Waals surface area (Å²) in [5.41, 5.74) is 3.00. The van der Waals surface area contributed by atoms with E-state index in [0.717, 1.165) is 22.4 Å². The molecule has 0 saturated carbocycles. The standard InChI is InChI=1S/C18H22N2O4S/c1-12-9-16(25(19,22)23)11-17(13(12)2)20-18(21)8-7-14-5-4-6-15(10-14)24-3/h4-6,9-11H,7-8H2,1-3H3,(H,20,21)(H2,19,22,23). The summed E-state index contributed by atoms with van der Waals surface area (Å²) in [4.78, 5) is 12.2. The number of primary sulfonamides is 1. The number of carbonyl (C=O) groups is 1. The molecule has 0 bridgehead atoms. The van der Waals surface area contributed by atoms with Crippen LogP contribution in [0.2, 0.25) is 0 Å². The van der Waals surface area contributed by atoms with E-state index in [1.807, 2.05) is 31.2 Å². The van der Waals surface area contributed by atoms with Crippen LogP contribution in [-0.2, 0) is 21.2 Å². The van der Waals surface area contributed by atoms with Gasteiger partial charge in [-0.15, -0.1) is 0 Å². The number of carbonyl (C=O) groups excluding carboxylic acids is 1. The zero-order chi connectivity index (χ0) is 18.6. The zero-order valence-corrected chi connectivity index (χ0v) is 15.3. The molecule has 0 fully saturated rings. The van der Waals surface area contributed by atoms with Crippen LogP contribution in [0.1, 0.15) is 23.1 Å². The van der Waals surface area contributed by atoms with Crippen LogP contribution in [0, 0.1) is 13.8 Å². The normalized spacial score (nSPS) is 11.2. The molecule has 0 aliphatic rings. The van der Waals surface area contributed by atoms with Crippen molar-refractivity contribution in [3.8, 4) is 5.75 Å². The van der Waals surface area contributed by atoms with Gasteiger partial charge in [0, 0.05) is 12.1 Å². The van der Waals surface area contributed by atoms with Gasteiger partial charge in [-0.1, -0.05) is 12.1 Å². The maximum atomic E-state index is 12.2. The summed E-state index contributed by atoms with van der Waals surface area (Å²) in [5.74, 6) is 0.544. The van der Waals surface area contributed by atoms with Gasteiger partial charge < -0.3 is 10.1 Å². The van der Waals surface area contributed by atoms with Crippen molar-refractivity contribution >= 4 is 21.6 Å². The van der Waals surface area contributed by atoms with Crippen molar-refractivity contribution in [1.82, 2.24) is 0 Å². The first-order valence-corrected chi connectivity index (χ1v) is 9.32. The Hall–Kier alpha value is -2.38. The van der Waals surface area contributed by atoms with E-state index >= 15 is 0 Å². The van der Waals surface area contributed by atoms with E-state index in [2.05, 4.69) is 5.32 Å². The van der Waals surface area contributed by atoms with Crippen molar-refractivity contribution < 1.29 is 17.9 Å². The van der Waals surface area contributed by atoms with Gasteiger partial charge in [0.05, 0.1) is 12.0 Å². The van der Waals surface area contributed by atoms with Gasteiger partial charge in [0.1, 0.15) is 5.75 Å². The number of sulfonamides is 1. The summed E-state index contributed by atoms with van der Waals surface area (Å²) < 4.78 is 28.3. The molecule has 2 aromatic carbocycles. The summed E-state index contributed by atoms with van der Waals surface area (Å²) in [6.45, 7) is 3.59. The Bertz CT molecular complexity index is 892. The first-order chi connectivity index (χ1) is 11.7. The summed E-state index contributed by atoms with van der Waals surface area (Å²) in [6.07, 6.45) is 0.821. The van der Waals surface area contributed by atoms with Gasteiger partial charge in [-0.2, -0.15) is 0 Å². The summed E-state index contributed by atoms with van der Waals surface area (Å²) in [6, 6.07) is 10.4. The van der Waals surface area contributed by atoms with Gasteiger partial charge in [-0.05, 0) is 61.2 Å². The minimum Gasteiger partial charge on any atom is -0.497 e. The maximum Gasteiger partial charge on any atom is 0.238 e. The fourth-order valence-electron chi connectivity index (χ4n) is 2.42. The van der Waals surface area contributed by atoms with Crippen LogP contribution in [0.15, 0.2) is 41.3 Å². The zero-order valence-electron chi connectivity index (χ0n) is 14.5. The highest BCUT2D eigenvalue weighted by Crippen LogP contribution is 2.24. The van der Waals surface area contributed by atoms with Crippen molar-refractivity contribution in [1.29, 1.82) is 0 Å². The molecule has 0 aromatic heterocycles. The number of amides is 1. The van der Waals surface area contributed by atoms with E-state index in [-0.39, 0.29) is 17.2 Å². The van der Waals surface area contributed by atoms with Gasteiger partial charge in [0.25, 0.3) is 0 Å². The van der Waals surface area contributed by atoms with Crippen molar-refractivity contribution in [3.63, 3.8) is 0 Å². The average Bonchev–Trinajstić information content (AvgIpc) is 2.56. The number of hydrogen-bond donors (Lipinski definition) is 2. The molecule has 2 aromatic rings. The number of hydrogen-bond acceptors (Lipinski definition) is 4. The minimum atomic E-state index is -3.83. The molecular formula is C18H22N2O4S. The first-order valence-electron chi connectivity index (χ1n) is 7.77. The second kappa shape index (κ2) is 7.67. The Balaban J connectivity index is 2.11. The van der Waals surface area contributed by atoms with E-state index in [4.69, 9.17) is 9.88 Å². The number of nitrogens with two attached hydrogens (primary N) is 1. The molecule has 1 amide bonds. The van der Waals surface area contributed by atoms with Crippen LogP contribution in [0.4, 0.5) is 5.69 Å². The number of methoxy groups -OCH3 is 1. The molecule has 0 heterocycles. The molecule has 134 valence electrons. The number of ether oxygens (including phenoxy) is 1. The third kappa shape index (κ3) is 5.04. The molecule has 3 N–H and O–H groups in total. The van der Waals surface area contributed by atoms with Crippen molar-refractivity contribution in [2.24, 2.45) is 5.14 Å². The Morgan fingerprint density at radius 1 is 1.20 bits per heavy atom. The van der Waals surface area contributed by atoms with Crippen LogP contribution in [0.25, 0.3) is 0 Å². The van der Waals surface area contributed by atoms with E-state index in [9.17, 15) is 13.2 Å². The number of nitrogens with one attached hydrogen (secondary N) is 1. The predicted molar refractivity (Wildman–Crippen MR) is 97.2 cm³/mol. The molecule has 0 atom stereocenters. The Morgan fingerprint density at radius 2 is 1.92 bits per heavy atom. The van der Waals surface area contributed by atoms with Crippen LogP contribution in [-0.4, -0.2) is 21.4 Å². The predicted octanol–water partition coefficient (Wildman–Crippen LogP) is 2.53. The minimum absolute atomic E-state index is 0.0151. The highest BCUT2D eigenvalue weighted by molar-refractivity contribution is 7.89. The highest BCUT2D eigenvalue weighted by Gasteiger charge is 2.14. The highest BCUT2D eigenvalue weighted by atomic mass is 32.2. The molecule has 0 unspecified atom stereocenters. The number of rotatable bonds is 6. The molecule has 0 aliphatic heterocycles. The summed E-state index contributed by atoms with van der Waals surface area (Å²) >= 11 is 0. The van der Waals surface area contributed by atoms with Crippen LogP contribution in [0.3, 0.4) is 0 Å². The lowest BCUT2D eigenvalue weighted by Gasteiger charge is -2.13. The van der Waals surface area contributed by atoms with E-state index in [0.29, 0.717) is 12.1 Å². The summed E-state index contributed by atoms with van der Waals surface area (Å²) in [7, 11) is -2.24. The monoisotopic (exact) mass is 362 g/mol. The smallest absolute Gasteiger partial charge is 0.238 e. The van der Waals surface area contributed by atoms with Crippen molar-refractivity contribution in [2.45, 2.75) is 31.6 Å².